The van der Waals surface area contributed by atoms with Gasteiger partial charge in [-0.15, -0.1) is 0 Å². The summed E-state index contributed by atoms with van der Waals surface area (Å²) in [6.45, 7) is 8.68. The maximum atomic E-state index is 12.0. The molecular formula is C13H19N3O2. The van der Waals surface area contributed by atoms with Crippen molar-refractivity contribution in [3.05, 3.63) is 18.0 Å². The predicted molar refractivity (Wildman–Crippen MR) is 68.8 cm³/mol. The van der Waals surface area contributed by atoms with Gasteiger partial charge >= 0.3 is 0 Å². The Labute approximate surface area is 107 Å². The number of carbonyl (C=O) groups is 1. The van der Waals surface area contributed by atoms with Gasteiger partial charge in [0.2, 0.25) is 5.95 Å². The van der Waals surface area contributed by atoms with Crippen LogP contribution in [-0.2, 0) is 4.74 Å². The predicted octanol–water partition coefficient (Wildman–Crippen LogP) is 1.54. The van der Waals surface area contributed by atoms with Crippen LogP contribution in [-0.4, -0.2) is 42.1 Å². The van der Waals surface area contributed by atoms with Crippen molar-refractivity contribution < 1.29 is 9.53 Å². The number of ketones is 1. The molecular weight excluding hydrogens is 230 g/mol. The number of ether oxygens (including phenoxy) is 1. The molecule has 1 aromatic heterocycles. The van der Waals surface area contributed by atoms with Crippen LogP contribution in [0.25, 0.3) is 0 Å². The van der Waals surface area contributed by atoms with Gasteiger partial charge in [-0.05, 0) is 0 Å². The maximum Gasteiger partial charge on any atom is 0.225 e. The molecule has 1 aliphatic heterocycles. The first-order valence-corrected chi connectivity index (χ1v) is 6.18. The second kappa shape index (κ2) is 5.02. The van der Waals surface area contributed by atoms with Crippen molar-refractivity contribution >= 4 is 11.7 Å². The Balaban J connectivity index is 2.12. The first kappa shape index (κ1) is 13.0. The van der Waals surface area contributed by atoms with E-state index in [2.05, 4.69) is 14.9 Å². The molecule has 0 atom stereocenters. The Morgan fingerprint density at radius 2 is 1.78 bits per heavy atom. The molecule has 98 valence electrons. The van der Waals surface area contributed by atoms with Crippen LogP contribution >= 0.6 is 0 Å². The van der Waals surface area contributed by atoms with E-state index in [1.165, 1.54) is 0 Å². The molecule has 0 bridgehead atoms. The molecule has 2 rings (SSSR count). The number of nitrogens with zero attached hydrogens (tertiary/aromatic N) is 3. The minimum absolute atomic E-state index is 0.0658. The van der Waals surface area contributed by atoms with Gasteiger partial charge in [0.25, 0.3) is 0 Å². The average Bonchev–Trinajstić information content (AvgIpc) is 2.38. The van der Waals surface area contributed by atoms with Gasteiger partial charge in [0.05, 0.1) is 18.8 Å². The first-order valence-electron chi connectivity index (χ1n) is 6.18. The summed E-state index contributed by atoms with van der Waals surface area (Å²) in [7, 11) is 0. The summed E-state index contributed by atoms with van der Waals surface area (Å²) in [6, 6.07) is 0. The number of carbonyl (C=O) groups excluding carboxylic acids is 1. The van der Waals surface area contributed by atoms with Crippen LogP contribution in [0, 0.1) is 5.41 Å². The van der Waals surface area contributed by atoms with Crippen LogP contribution in [0.3, 0.4) is 0 Å². The van der Waals surface area contributed by atoms with Gasteiger partial charge in [-0.25, -0.2) is 9.97 Å². The molecule has 0 aromatic carbocycles. The number of rotatable bonds is 2. The normalized spacial score (nSPS) is 16.7. The summed E-state index contributed by atoms with van der Waals surface area (Å²) in [5.74, 6) is 0.736. The molecule has 0 unspecified atom stereocenters. The van der Waals surface area contributed by atoms with E-state index in [1.807, 2.05) is 20.8 Å². The fourth-order valence-electron chi connectivity index (χ4n) is 1.80. The standard InChI is InChI=1S/C13H19N3O2/c1-13(2,3)11(17)10-8-14-12(15-9-10)16-4-6-18-7-5-16/h8-9H,4-7H2,1-3H3. The molecule has 1 fully saturated rings. The van der Waals surface area contributed by atoms with Crippen LogP contribution in [0.15, 0.2) is 12.4 Å². The highest BCUT2D eigenvalue weighted by atomic mass is 16.5. The summed E-state index contributed by atoms with van der Waals surface area (Å²) in [6.07, 6.45) is 3.23. The number of hydrogen-bond acceptors (Lipinski definition) is 5. The Morgan fingerprint density at radius 3 is 2.28 bits per heavy atom. The van der Waals surface area contributed by atoms with Crippen molar-refractivity contribution in [2.45, 2.75) is 20.8 Å². The molecule has 0 radical (unpaired) electrons. The largest absolute Gasteiger partial charge is 0.378 e. The molecule has 18 heavy (non-hydrogen) atoms. The van der Waals surface area contributed by atoms with Gasteiger partial charge in [-0.2, -0.15) is 0 Å². The lowest BCUT2D eigenvalue weighted by molar-refractivity contribution is 0.0857. The lowest BCUT2D eigenvalue weighted by Gasteiger charge is -2.26. The zero-order valence-electron chi connectivity index (χ0n) is 11.1. The Morgan fingerprint density at radius 1 is 1.22 bits per heavy atom. The van der Waals surface area contributed by atoms with Crippen LogP contribution in [0.4, 0.5) is 5.95 Å². The second-order valence-corrected chi connectivity index (χ2v) is 5.45. The minimum atomic E-state index is -0.399. The molecule has 1 saturated heterocycles. The van der Waals surface area contributed by atoms with Gasteiger partial charge in [0, 0.05) is 30.9 Å². The van der Waals surface area contributed by atoms with Crippen molar-refractivity contribution in [3.8, 4) is 0 Å². The van der Waals surface area contributed by atoms with E-state index in [-0.39, 0.29) is 5.78 Å². The number of morpholine rings is 1. The third kappa shape index (κ3) is 2.85. The van der Waals surface area contributed by atoms with E-state index in [4.69, 9.17) is 4.74 Å². The third-order valence-corrected chi connectivity index (χ3v) is 2.88. The SMILES string of the molecule is CC(C)(C)C(=O)c1cnc(N2CCOCC2)nc1. The average molecular weight is 249 g/mol. The number of aromatic nitrogens is 2. The summed E-state index contributed by atoms with van der Waals surface area (Å²) in [4.78, 5) is 22.7. The number of Topliss-reactive ketones (excluding diaryl/α,β-unsaturated/α-hetero) is 1. The first-order chi connectivity index (χ1) is 8.48. The smallest absolute Gasteiger partial charge is 0.225 e. The fraction of sp³-hybridized carbons (Fsp3) is 0.615. The van der Waals surface area contributed by atoms with Crippen molar-refractivity contribution in [1.82, 2.24) is 9.97 Å². The van der Waals surface area contributed by atoms with Crippen LogP contribution in [0.2, 0.25) is 0 Å². The van der Waals surface area contributed by atoms with Crippen molar-refractivity contribution in [2.75, 3.05) is 31.2 Å². The van der Waals surface area contributed by atoms with Crippen LogP contribution < -0.4 is 4.90 Å². The molecule has 1 aliphatic rings. The molecule has 0 N–H and O–H groups in total. The number of anilines is 1. The van der Waals surface area contributed by atoms with Gasteiger partial charge < -0.3 is 9.64 Å². The van der Waals surface area contributed by atoms with Crippen molar-refractivity contribution in [1.29, 1.82) is 0 Å². The van der Waals surface area contributed by atoms with E-state index in [1.54, 1.807) is 12.4 Å². The van der Waals surface area contributed by atoms with Gasteiger partial charge in [0.15, 0.2) is 5.78 Å². The van der Waals surface area contributed by atoms with E-state index < -0.39 is 5.41 Å². The molecule has 1 aromatic rings. The summed E-state index contributed by atoms with van der Waals surface area (Å²) < 4.78 is 5.28. The lowest BCUT2D eigenvalue weighted by atomic mass is 9.88. The molecule has 5 nitrogen and oxygen atoms in total. The monoisotopic (exact) mass is 249 g/mol. The van der Waals surface area contributed by atoms with E-state index in [0.29, 0.717) is 24.7 Å². The van der Waals surface area contributed by atoms with Gasteiger partial charge in [0.1, 0.15) is 0 Å². The van der Waals surface area contributed by atoms with Crippen molar-refractivity contribution in [2.24, 2.45) is 5.41 Å². The molecule has 0 aliphatic carbocycles. The third-order valence-electron chi connectivity index (χ3n) is 2.88. The Kier molecular flexibility index (Phi) is 3.61. The van der Waals surface area contributed by atoms with Crippen LogP contribution in [0.1, 0.15) is 31.1 Å². The summed E-state index contributed by atoms with van der Waals surface area (Å²) >= 11 is 0. The number of hydrogen-bond donors (Lipinski definition) is 0. The summed E-state index contributed by atoms with van der Waals surface area (Å²) in [5.41, 5.74) is 0.170. The molecule has 5 heteroatoms. The molecule has 2 heterocycles. The molecule has 0 spiro atoms. The van der Waals surface area contributed by atoms with E-state index >= 15 is 0 Å². The quantitative estimate of drug-likeness (QED) is 0.744. The zero-order chi connectivity index (χ0) is 13.2. The zero-order valence-corrected chi connectivity index (χ0v) is 11.1. The topological polar surface area (TPSA) is 55.3 Å². The minimum Gasteiger partial charge on any atom is -0.378 e. The highest BCUT2D eigenvalue weighted by molar-refractivity contribution is 5.99. The van der Waals surface area contributed by atoms with Gasteiger partial charge in [-0.1, -0.05) is 20.8 Å². The highest BCUT2D eigenvalue weighted by Gasteiger charge is 2.24. The Bertz CT molecular complexity index is 417. The molecule has 0 saturated carbocycles. The molecule has 0 amide bonds. The second-order valence-electron chi connectivity index (χ2n) is 5.45. The van der Waals surface area contributed by atoms with E-state index in [9.17, 15) is 4.79 Å². The maximum absolute atomic E-state index is 12.0. The summed E-state index contributed by atoms with van der Waals surface area (Å²) in [5, 5.41) is 0. The highest BCUT2D eigenvalue weighted by Crippen LogP contribution is 2.20. The Hall–Kier alpha value is -1.49. The fourth-order valence-corrected chi connectivity index (χ4v) is 1.80. The van der Waals surface area contributed by atoms with Crippen molar-refractivity contribution in [3.63, 3.8) is 0 Å². The lowest BCUT2D eigenvalue weighted by Crippen LogP contribution is -2.37. The van der Waals surface area contributed by atoms with Crippen LogP contribution in [0.5, 0.6) is 0 Å². The van der Waals surface area contributed by atoms with Gasteiger partial charge in [-0.3, -0.25) is 4.79 Å². The van der Waals surface area contributed by atoms with E-state index in [0.717, 1.165) is 13.1 Å².